The van der Waals surface area contributed by atoms with Crippen LogP contribution in [0.1, 0.15) is 74.2 Å². The van der Waals surface area contributed by atoms with E-state index < -0.39 is 13.6 Å². The SMILES string of the molecule is CNC(=O)Cc1ccc(-c2ccn(CC34CC5(C)CC(C)(C3)CC(OCCNCCP(=O)(O)O)(C5)C4)c2C)c(C(=O)O)n1. The maximum atomic E-state index is 12.2. The van der Waals surface area contributed by atoms with Crippen molar-refractivity contribution in [1.29, 1.82) is 0 Å². The minimum atomic E-state index is -4.01. The summed E-state index contributed by atoms with van der Waals surface area (Å²) in [5.74, 6) is -1.35. The zero-order valence-corrected chi connectivity index (χ0v) is 26.5. The molecule has 2 unspecified atom stereocenters. The summed E-state index contributed by atoms with van der Waals surface area (Å²) in [5, 5.41) is 15.6. The standard InChI is InChI=1S/C31H45N4O7P/c1-21-23(24-6-5-22(13-25(36)32-4)34-26(24)27(37)38)7-10-35(21)20-30-15-28(2)14-29(3,16-30)18-31(17-28,19-30)42-11-8-33-9-12-43(39,40)41/h5-7,10,33H,8-9,11-20H2,1-4H3,(H,32,36)(H,37,38)(H2,39,40,41). The molecule has 11 nitrogen and oxygen atoms in total. The lowest BCUT2D eigenvalue weighted by atomic mass is 9.39. The van der Waals surface area contributed by atoms with E-state index in [9.17, 15) is 19.3 Å². The monoisotopic (exact) mass is 616 g/mol. The molecule has 4 saturated carbocycles. The highest BCUT2D eigenvalue weighted by Gasteiger charge is 2.66. The van der Waals surface area contributed by atoms with Crippen LogP contribution >= 0.6 is 7.60 Å². The minimum absolute atomic E-state index is 0.0182. The molecule has 1 amide bonds. The first kappa shape index (κ1) is 31.9. The number of aromatic nitrogens is 2. The molecule has 43 heavy (non-hydrogen) atoms. The largest absolute Gasteiger partial charge is 0.476 e. The van der Waals surface area contributed by atoms with Crippen molar-refractivity contribution in [2.24, 2.45) is 16.2 Å². The van der Waals surface area contributed by atoms with Crippen LogP contribution in [-0.2, 0) is 27.1 Å². The third-order valence-corrected chi connectivity index (χ3v) is 10.5. The number of carbonyl (C=O) groups is 2. The Kier molecular flexibility index (Phi) is 8.46. The fourth-order valence-electron chi connectivity index (χ4n) is 9.44. The highest BCUT2D eigenvalue weighted by atomic mass is 31.2. The van der Waals surface area contributed by atoms with Crippen molar-refractivity contribution in [3.05, 3.63) is 41.5 Å². The maximum absolute atomic E-state index is 12.2. The second kappa shape index (κ2) is 11.4. The van der Waals surface area contributed by atoms with Crippen LogP contribution in [0.5, 0.6) is 0 Å². The van der Waals surface area contributed by atoms with Gasteiger partial charge in [0.1, 0.15) is 0 Å². The predicted molar refractivity (Wildman–Crippen MR) is 162 cm³/mol. The molecule has 0 saturated heterocycles. The van der Waals surface area contributed by atoms with Crippen LogP contribution in [0.25, 0.3) is 11.1 Å². The molecule has 2 atom stereocenters. The van der Waals surface area contributed by atoms with E-state index in [1.807, 2.05) is 13.0 Å². The van der Waals surface area contributed by atoms with Gasteiger partial charge >= 0.3 is 13.6 Å². The quantitative estimate of drug-likeness (QED) is 0.167. The number of nitrogens with zero attached hydrogens (tertiary/aromatic N) is 2. The molecule has 2 aromatic heterocycles. The van der Waals surface area contributed by atoms with Gasteiger partial charge in [-0.25, -0.2) is 9.78 Å². The summed E-state index contributed by atoms with van der Waals surface area (Å²) >= 11 is 0. The Balaban J connectivity index is 1.35. The molecule has 6 rings (SSSR count). The van der Waals surface area contributed by atoms with Crippen molar-refractivity contribution in [2.75, 3.05) is 32.9 Å². The number of carbonyl (C=O) groups excluding carboxylic acids is 1. The lowest BCUT2D eigenvalue weighted by molar-refractivity contribution is -0.247. The summed E-state index contributed by atoms with van der Waals surface area (Å²) in [6, 6.07) is 5.44. The molecule has 5 N–H and O–H groups in total. The summed E-state index contributed by atoms with van der Waals surface area (Å²) in [5.41, 5.74) is 2.86. The maximum Gasteiger partial charge on any atom is 0.355 e. The zero-order chi connectivity index (χ0) is 31.3. The number of rotatable bonds is 13. The van der Waals surface area contributed by atoms with Crippen LogP contribution in [-0.4, -0.2) is 74.8 Å². The van der Waals surface area contributed by atoms with Gasteiger partial charge in [0.2, 0.25) is 5.91 Å². The lowest BCUT2D eigenvalue weighted by Gasteiger charge is -2.69. The second-order valence-corrected chi connectivity index (χ2v) is 15.9. The molecule has 12 heteroatoms. The van der Waals surface area contributed by atoms with Crippen molar-refractivity contribution < 1.29 is 33.8 Å². The summed E-state index contributed by atoms with van der Waals surface area (Å²) < 4.78 is 20.1. The average molecular weight is 617 g/mol. The molecule has 4 aliphatic rings. The van der Waals surface area contributed by atoms with Gasteiger partial charge < -0.3 is 34.8 Å². The molecule has 2 aromatic rings. The van der Waals surface area contributed by atoms with Gasteiger partial charge in [0.15, 0.2) is 5.69 Å². The summed E-state index contributed by atoms with van der Waals surface area (Å²) in [6.45, 7) is 8.94. The first-order chi connectivity index (χ1) is 20.1. The Morgan fingerprint density at radius 1 is 1.02 bits per heavy atom. The predicted octanol–water partition coefficient (Wildman–Crippen LogP) is 3.75. The molecule has 0 spiro atoms. The number of hydrogen-bond donors (Lipinski definition) is 5. The third-order valence-electron chi connectivity index (χ3n) is 9.73. The Labute approximate surface area is 253 Å². The molecule has 0 aliphatic heterocycles. The van der Waals surface area contributed by atoms with Crippen molar-refractivity contribution in [3.8, 4) is 11.1 Å². The van der Waals surface area contributed by atoms with E-state index in [2.05, 4.69) is 40.2 Å². The first-order valence-corrected chi connectivity index (χ1v) is 16.9. The van der Waals surface area contributed by atoms with Crippen LogP contribution in [0.4, 0.5) is 0 Å². The Hall–Kier alpha value is -2.56. The van der Waals surface area contributed by atoms with Crippen LogP contribution in [0.15, 0.2) is 24.4 Å². The molecule has 0 aromatic carbocycles. The van der Waals surface area contributed by atoms with E-state index in [1.54, 1.807) is 12.1 Å². The fraction of sp³-hybridized carbons (Fsp3) is 0.645. The lowest BCUT2D eigenvalue weighted by Crippen LogP contribution is -2.64. The van der Waals surface area contributed by atoms with Crippen LogP contribution in [0.2, 0.25) is 0 Å². The van der Waals surface area contributed by atoms with Crippen LogP contribution < -0.4 is 10.6 Å². The number of pyridine rings is 1. The smallest absolute Gasteiger partial charge is 0.355 e. The number of carboxylic acid groups (broad SMARTS) is 1. The van der Waals surface area contributed by atoms with Crippen LogP contribution in [0.3, 0.4) is 0 Å². The zero-order valence-electron chi connectivity index (χ0n) is 25.6. The molecule has 4 bridgehead atoms. The highest BCUT2D eigenvalue weighted by molar-refractivity contribution is 7.51. The molecule has 236 valence electrons. The normalized spacial score (nSPS) is 29.6. The van der Waals surface area contributed by atoms with E-state index >= 15 is 0 Å². The van der Waals surface area contributed by atoms with Crippen molar-refractivity contribution in [2.45, 2.75) is 77.9 Å². The summed E-state index contributed by atoms with van der Waals surface area (Å²) in [7, 11) is -2.48. The van der Waals surface area contributed by atoms with Gasteiger partial charge in [-0.3, -0.25) is 9.36 Å². The average Bonchev–Trinajstić information content (AvgIpc) is 3.22. The second-order valence-electron chi connectivity index (χ2n) is 14.1. The van der Waals surface area contributed by atoms with Crippen LogP contribution in [0, 0.1) is 23.2 Å². The van der Waals surface area contributed by atoms with E-state index in [4.69, 9.17) is 14.5 Å². The van der Waals surface area contributed by atoms with Crippen molar-refractivity contribution in [1.82, 2.24) is 20.2 Å². The number of ether oxygens (including phenoxy) is 1. The molecular formula is C31H45N4O7P. The Bertz CT molecular complexity index is 1430. The van der Waals surface area contributed by atoms with Gasteiger partial charge in [-0.15, -0.1) is 0 Å². The molecule has 2 heterocycles. The van der Waals surface area contributed by atoms with Gasteiger partial charge in [-0.2, -0.15) is 0 Å². The first-order valence-electron chi connectivity index (χ1n) is 15.1. The van der Waals surface area contributed by atoms with E-state index in [-0.39, 0.29) is 52.6 Å². The van der Waals surface area contributed by atoms with E-state index in [0.29, 0.717) is 24.4 Å². The van der Waals surface area contributed by atoms with Gasteiger partial charge in [-0.05, 0) is 73.8 Å². The number of amides is 1. The Morgan fingerprint density at radius 3 is 2.35 bits per heavy atom. The molecule has 4 aliphatic carbocycles. The fourth-order valence-corrected chi connectivity index (χ4v) is 9.89. The molecular weight excluding hydrogens is 571 g/mol. The minimum Gasteiger partial charge on any atom is -0.476 e. The summed E-state index contributed by atoms with van der Waals surface area (Å²) in [4.78, 5) is 46.6. The van der Waals surface area contributed by atoms with Gasteiger partial charge in [0.05, 0.1) is 30.5 Å². The Morgan fingerprint density at radius 2 is 1.72 bits per heavy atom. The van der Waals surface area contributed by atoms with Gasteiger partial charge in [-0.1, -0.05) is 19.9 Å². The van der Waals surface area contributed by atoms with E-state index in [0.717, 1.165) is 49.9 Å². The summed E-state index contributed by atoms with van der Waals surface area (Å²) in [6.07, 6.45) is 8.29. The van der Waals surface area contributed by atoms with Crippen molar-refractivity contribution >= 4 is 19.5 Å². The number of hydrogen-bond acceptors (Lipinski definition) is 6. The van der Waals surface area contributed by atoms with Gasteiger partial charge in [0.25, 0.3) is 0 Å². The molecule has 4 fully saturated rings. The highest BCUT2D eigenvalue weighted by Crippen LogP contribution is 2.72. The number of carboxylic acids is 1. The molecule has 0 radical (unpaired) electrons. The van der Waals surface area contributed by atoms with Gasteiger partial charge in [0, 0.05) is 49.7 Å². The number of likely N-dealkylation sites (N-methyl/N-ethyl adjacent to an activating group) is 1. The topological polar surface area (TPSA) is 163 Å². The van der Waals surface area contributed by atoms with E-state index in [1.165, 1.54) is 13.5 Å². The number of nitrogens with one attached hydrogen (secondary N) is 2. The third kappa shape index (κ3) is 6.91. The number of aromatic carboxylic acids is 1. The van der Waals surface area contributed by atoms with Crippen molar-refractivity contribution in [3.63, 3.8) is 0 Å².